The van der Waals surface area contributed by atoms with Crippen molar-refractivity contribution in [2.45, 2.75) is 0 Å². The van der Waals surface area contributed by atoms with Gasteiger partial charge in [0.15, 0.2) is 0 Å². The Balaban J connectivity index is 2.95. The van der Waals surface area contributed by atoms with E-state index in [1.165, 1.54) is 24.1 Å². The van der Waals surface area contributed by atoms with Gasteiger partial charge in [-0.05, 0) is 12.1 Å². The first kappa shape index (κ1) is 12.1. The Bertz CT molecular complexity index is 401. The van der Waals surface area contributed by atoms with E-state index < -0.39 is 0 Å². The fourth-order valence-corrected chi connectivity index (χ4v) is 1.30. The second kappa shape index (κ2) is 5.21. The lowest BCUT2D eigenvalue weighted by Crippen LogP contribution is -2.26. The molecule has 0 aliphatic carbocycles. The lowest BCUT2D eigenvalue weighted by atomic mass is 10.1. The van der Waals surface area contributed by atoms with E-state index in [1.54, 1.807) is 19.2 Å². The zero-order valence-corrected chi connectivity index (χ0v) is 9.43. The molecule has 4 heteroatoms. The van der Waals surface area contributed by atoms with Crippen LogP contribution in [-0.4, -0.2) is 36.6 Å². The molecule has 86 valence electrons. The number of ether oxygens (including phenoxy) is 1. The molecule has 0 aromatic heterocycles. The van der Waals surface area contributed by atoms with Gasteiger partial charge in [-0.15, -0.1) is 6.58 Å². The number of likely N-dealkylation sites (N-methyl/N-ethyl adjacent to an activating group) is 1. The molecule has 1 aromatic rings. The summed E-state index contributed by atoms with van der Waals surface area (Å²) >= 11 is 0. The molecule has 1 aromatic carbocycles. The number of phenols is 1. The number of benzene rings is 1. The number of carbonyl (C=O) groups excluding carboxylic acids is 1. The van der Waals surface area contributed by atoms with Crippen molar-refractivity contribution in [3.05, 3.63) is 36.4 Å². The zero-order chi connectivity index (χ0) is 12.1. The van der Waals surface area contributed by atoms with Gasteiger partial charge in [0.25, 0.3) is 5.91 Å². The Kier molecular flexibility index (Phi) is 3.94. The molecule has 16 heavy (non-hydrogen) atoms. The van der Waals surface area contributed by atoms with Gasteiger partial charge in [0.05, 0.1) is 12.7 Å². The lowest BCUT2D eigenvalue weighted by Gasteiger charge is -2.15. The van der Waals surface area contributed by atoms with Crippen LogP contribution in [-0.2, 0) is 0 Å². The molecule has 0 atom stereocenters. The maximum atomic E-state index is 11.8. The standard InChI is InChI=1S/C12H15NO3/c1-4-7-13(2)12(15)10-6-5-9(16-3)8-11(10)14/h4-6,8,14H,1,7H2,2-3H3. The van der Waals surface area contributed by atoms with E-state index in [2.05, 4.69) is 6.58 Å². The molecule has 0 spiro atoms. The quantitative estimate of drug-likeness (QED) is 0.787. The van der Waals surface area contributed by atoms with Gasteiger partial charge in [-0.2, -0.15) is 0 Å². The van der Waals surface area contributed by atoms with Crippen LogP contribution in [0.25, 0.3) is 0 Å². The molecule has 0 heterocycles. The van der Waals surface area contributed by atoms with Crippen LogP contribution in [0.15, 0.2) is 30.9 Å². The van der Waals surface area contributed by atoms with Gasteiger partial charge >= 0.3 is 0 Å². The van der Waals surface area contributed by atoms with Gasteiger partial charge in [-0.25, -0.2) is 0 Å². The highest BCUT2D eigenvalue weighted by atomic mass is 16.5. The van der Waals surface area contributed by atoms with Crippen molar-refractivity contribution < 1.29 is 14.6 Å². The van der Waals surface area contributed by atoms with Crippen LogP contribution in [0.3, 0.4) is 0 Å². The first-order chi connectivity index (χ1) is 7.60. The summed E-state index contributed by atoms with van der Waals surface area (Å²) in [5.41, 5.74) is 0.255. The number of phenolic OH excluding ortho intramolecular Hbond substituents is 1. The fourth-order valence-electron chi connectivity index (χ4n) is 1.30. The van der Waals surface area contributed by atoms with Gasteiger partial charge in [0.1, 0.15) is 11.5 Å². The minimum absolute atomic E-state index is 0.0831. The third kappa shape index (κ3) is 2.53. The van der Waals surface area contributed by atoms with E-state index >= 15 is 0 Å². The number of methoxy groups -OCH3 is 1. The molecular formula is C12H15NO3. The molecule has 0 bridgehead atoms. The smallest absolute Gasteiger partial charge is 0.257 e. The van der Waals surface area contributed by atoms with Crippen molar-refractivity contribution in [2.24, 2.45) is 0 Å². The molecular weight excluding hydrogens is 206 g/mol. The average molecular weight is 221 g/mol. The van der Waals surface area contributed by atoms with Crippen LogP contribution in [0.5, 0.6) is 11.5 Å². The Morgan fingerprint density at radius 3 is 2.81 bits per heavy atom. The number of nitrogens with zero attached hydrogens (tertiary/aromatic N) is 1. The molecule has 1 N–H and O–H groups in total. The van der Waals surface area contributed by atoms with Crippen molar-refractivity contribution in [1.82, 2.24) is 4.90 Å². The van der Waals surface area contributed by atoms with Gasteiger partial charge in [-0.3, -0.25) is 4.79 Å². The number of hydrogen-bond donors (Lipinski definition) is 1. The Morgan fingerprint density at radius 1 is 1.62 bits per heavy atom. The SMILES string of the molecule is C=CCN(C)C(=O)c1ccc(OC)cc1O. The maximum Gasteiger partial charge on any atom is 0.257 e. The minimum Gasteiger partial charge on any atom is -0.507 e. The third-order valence-corrected chi connectivity index (χ3v) is 2.18. The zero-order valence-electron chi connectivity index (χ0n) is 9.43. The summed E-state index contributed by atoms with van der Waals surface area (Å²) in [5, 5.41) is 9.66. The van der Waals surface area contributed by atoms with E-state index in [0.29, 0.717) is 12.3 Å². The van der Waals surface area contributed by atoms with E-state index in [1.807, 2.05) is 0 Å². The summed E-state index contributed by atoms with van der Waals surface area (Å²) in [6, 6.07) is 4.58. The van der Waals surface area contributed by atoms with Crippen LogP contribution in [0, 0.1) is 0 Å². The predicted molar refractivity (Wildman–Crippen MR) is 61.8 cm³/mol. The van der Waals surface area contributed by atoms with Crippen LogP contribution >= 0.6 is 0 Å². The van der Waals surface area contributed by atoms with E-state index in [9.17, 15) is 9.90 Å². The van der Waals surface area contributed by atoms with E-state index in [0.717, 1.165) is 0 Å². The molecule has 0 fully saturated rings. The molecule has 1 rings (SSSR count). The van der Waals surface area contributed by atoms with Crippen LogP contribution in [0.1, 0.15) is 10.4 Å². The van der Waals surface area contributed by atoms with Crippen molar-refractivity contribution >= 4 is 5.91 Å². The number of rotatable bonds is 4. The van der Waals surface area contributed by atoms with Gasteiger partial charge in [0.2, 0.25) is 0 Å². The summed E-state index contributed by atoms with van der Waals surface area (Å²) in [6.45, 7) is 3.98. The van der Waals surface area contributed by atoms with Crippen molar-refractivity contribution in [2.75, 3.05) is 20.7 Å². The molecule has 0 unspecified atom stereocenters. The highest BCUT2D eigenvalue weighted by Crippen LogP contribution is 2.24. The molecule has 4 nitrogen and oxygen atoms in total. The third-order valence-electron chi connectivity index (χ3n) is 2.18. The Hall–Kier alpha value is -1.97. The first-order valence-corrected chi connectivity index (χ1v) is 4.83. The summed E-state index contributed by atoms with van der Waals surface area (Å²) in [7, 11) is 3.15. The second-order valence-electron chi connectivity index (χ2n) is 3.36. The second-order valence-corrected chi connectivity index (χ2v) is 3.36. The maximum absolute atomic E-state index is 11.8. The number of aromatic hydroxyl groups is 1. The fraction of sp³-hybridized carbons (Fsp3) is 0.250. The normalized spacial score (nSPS) is 9.62. The van der Waals surface area contributed by atoms with Crippen LogP contribution in [0.2, 0.25) is 0 Å². The van der Waals surface area contributed by atoms with Gasteiger partial charge < -0.3 is 14.7 Å². The molecule has 0 aliphatic rings. The van der Waals surface area contributed by atoms with Crippen LogP contribution in [0.4, 0.5) is 0 Å². The number of amides is 1. The molecule has 0 saturated heterocycles. The van der Waals surface area contributed by atoms with Crippen molar-refractivity contribution in [3.8, 4) is 11.5 Å². The van der Waals surface area contributed by atoms with Crippen molar-refractivity contribution in [1.29, 1.82) is 0 Å². The van der Waals surface area contributed by atoms with Crippen LogP contribution < -0.4 is 4.74 Å². The van der Waals surface area contributed by atoms with E-state index in [4.69, 9.17) is 4.74 Å². The monoisotopic (exact) mass is 221 g/mol. The minimum atomic E-state index is -0.250. The average Bonchev–Trinajstić information content (AvgIpc) is 2.28. The summed E-state index contributed by atoms with van der Waals surface area (Å²) in [4.78, 5) is 13.3. The summed E-state index contributed by atoms with van der Waals surface area (Å²) in [5.74, 6) is 0.181. The van der Waals surface area contributed by atoms with Gasteiger partial charge in [-0.1, -0.05) is 6.08 Å². The predicted octanol–water partition coefficient (Wildman–Crippen LogP) is 1.66. The summed E-state index contributed by atoms with van der Waals surface area (Å²) in [6.07, 6.45) is 1.62. The Morgan fingerprint density at radius 2 is 2.31 bits per heavy atom. The first-order valence-electron chi connectivity index (χ1n) is 4.83. The number of hydrogen-bond acceptors (Lipinski definition) is 3. The largest absolute Gasteiger partial charge is 0.507 e. The number of carbonyl (C=O) groups is 1. The topological polar surface area (TPSA) is 49.8 Å². The molecule has 0 aliphatic heterocycles. The molecule has 0 radical (unpaired) electrons. The highest BCUT2D eigenvalue weighted by molar-refractivity contribution is 5.96. The van der Waals surface area contributed by atoms with Crippen molar-refractivity contribution in [3.63, 3.8) is 0 Å². The Labute approximate surface area is 94.8 Å². The highest BCUT2D eigenvalue weighted by Gasteiger charge is 2.15. The van der Waals surface area contributed by atoms with Gasteiger partial charge in [0, 0.05) is 19.7 Å². The summed E-state index contributed by atoms with van der Waals surface area (Å²) < 4.78 is 4.94. The molecule has 0 saturated carbocycles. The van der Waals surface area contributed by atoms with E-state index in [-0.39, 0.29) is 17.2 Å². The lowest BCUT2D eigenvalue weighted by molar-refractivity contribution is 0.0807. The molecule has 1 amide bonds.